The minimum absolute atomic E-state index is 0.0556. The Morgan fingerprint density at radius 2 is 2.03 bits per heavy atom. The second-order valence-corrected chi connectivity index (χ2v) is 10.9. The van der Waals surface area contributed by atoms with Crippen molar-refractivity contribution in [2.24, 2.45) is 4.63 Å². The van der Waals surface area contributed by atoms with Gasteiger partial charge in [0, 0.05) is 28.9 Å². The van der Waals surface area contributed by atoms with Gasteiger partial charge in [0.05, 0.1) is 11.7 Å². The predicted octanol–water partition coefficient (Wildman–Crippen LogP) is 4.47. The molecule has 0 aliphatic carbocycles. The highest BCUT2D eigenvalue weighted by atomic mass is 28.2. The molecule has 2 heterocycles. The van der Waals surface area contributed by atoms with Crippen molar-refractivity contribution in [3.05, 3.63) is 59.4 Å². The van der Waals surface area contributed by atoms with E-state index in [0.717, 1.165) is 12.3 Å². The van der Waals surface area contributed by atoms with E-state index in [1.165, 1.54) is 18.2 Å². The Hall–Kier alpha value is -2.81. The van der Waals surface area contributed by atoms with Crippen LogP contribution in [0.15, 0.2) is 41.2 Å². The van der Waals surface area contributed by atoms with E-state index in [1.54, 1.807) is 6.07 Å². The molecule has 3 rings (SSSR count). The van der Waals surface area contributed by atoms with Gasteiger partial charge in [0.1, 0.15) is 31.8 Å². The van der Waals surface area contributed by atoms with Crippen molar-refractivity contribution >= 4 is 26.0 Å². The minimum atomic E-state index is -1.34. The van der Waals surface area contributed by atoms with Crippen LogP contribution in [0.1, 0.15) is 43.7 Å². The van der Waals surface area contributed by atoms with Gasteiger partial charge in [-0.1, -0.05) is 13.8 Å². The van der Waals surface area contributed by atoms with Crippen LogP contribution in [0.25, 0.3) is 0 Å². The minimum Gasteiger partial charge on any atom is -0.364 e. The largest absolute Gasteiger partial charge is 0.364 e. The van der Waals surface area contributed by atoms with Crippen molar-refractivity contribution < 1.29 is 13.6 Å². The Morgan fingerprint density at radius 3 is 2.67 bits per heavy atom. The molecule has 9 heteroatoms. The lowest BCUT2D eigenvalue weighted by atomic mass is 9.91. The van der Waals surface area contributed by atoms with E-state index in [9.17, 15) is 13.6 Å². The van der Waals surface area contributed by atoms with Crippen molar-refractivity contribution in [2.45, 2.75) is 44.3 Å². The Kier molecular flexibility index (Phi) is 5.94. The number of amides is 1. The third kappa shape index (κ3) is 4.21. The molecule has 1 aliphatic heterocycles. The van der Waals surface area contributed by atoms with Gasteiger partial charge in [-0.3, -0.25) is 10.2 Å². The number of nitrogens with one attached hydrogen (secondary N) is 3. The molecule has 1 amide bonds. The summed E-state index contributed by atoms with van der Waals surface area (Å²) in [4.78, 5) is 16.2. The molecule has 1 aromatic carbocycles. The fraction of sp³-hybridized carbons (Fsp3) is 0.381. The standard InChI is InChI=1S/C21H25F2N5OSi/c1-5-26-30-12-21(4,28-19(24)20(30,2)3)15-10-14(7-8-16(15)23)27-18(29)17-9-6-13(22)11-25-17/h6-11H,5,12H2,1-4H3,(H2,24,28)(H,27,29)/b30-26-/t21-/m0/s1. The number of amidine groups is 1. The first-order chi connectivity index (χ1) is 14.1. The predicted molar refractivity (Wildman–Crippen MR) is 114 cm³/mol. The molecule has 1 saturated heterocycles. The molecule has 0 bridgehead atoms. The maximum Gasteiger partial charge on any atom is 0.274 e. The second kappa shape index (κ2) is 8.14. The summed E-state index contributed by atoms with van der Waals surface area (Å²) in [6.07, 6.45) is 0.964. The van der Waals surface area contributed by atoms with Crippen LogP contribution in [-0.2, 0) is 5.54 Å². The number of hydrogen-bond acceptors (Lipinski definition) is 4. The SMILES string of the molecule is CC/N=[Si]1/C[C@@](C)(c2cc(NC(=O)c3ccc(F)cn3)ccc2F)NC(=N)C1(C)C. The third-order valence-corrected chi connectivity index (χ3v) is 8.83. The van der Waals surface area contributed by atoms with E-state index in [2.05, 4.69) is 15.6 Å². The van der Waals surface area contributed by atoms with Gasteiger partial charge in [-0.25, -0.2) is 13.8 Å². The van der Waals surface area contributed by atoms with Crippen molar-refractivity contribution in [1.29, 1.82) is 5.41 Å². The molecule has 0 unspecified atom stereocenters. The molecule has 1 fully saturated rings. The van der Waals surface area contributed by atoms with Gasteiger partial charge in [0.2, 0.25) is 0 Å². The molecular formula is C21H25F2N5OSi. The van der Waals surface area contributed by atoms with Gasteiger partial charge >= 0.3 is 0 Å². The van der Waals surface area contributed by atoms with E-state index >= 15 is 0 Å². The van der Waals surface area contributed by atoms with Gasteiger partial charge in [-0.15, -0.1) is 0 Å². The van der Waals surface area contributed by atoms with Crippen molar-refractivity contribution in [1.82, 2.24) is 10.3 Å². The number of rotatable bonds is 4. The van der Waals surface area contributed by atoms with Gasteiger partial charge in [0.15, 0.2) is 0 Å². The fourth-order valence-electron chi connectivity index (χ4n) is 3.51. The third-order valence-electron chi connectivity index (χ3n) is 5.40. The topological polar surface area (TPSA) is 90.2 Å². The zero-order valence-electron chi connectivity index (χ0n) is 17.4. The molecule has 1 atom stereocenters. The van der Waals surface area contributed by atoms with Gasteiger partial charge < -0.3 is 15.3 Å². The molecule has 0 radical (unpaired) electrons. The van der Waals surface area contributed by atoms with Crippen LogP contribution in [0.2, 0.25) is 11.1 Å². The Morgan fingerprint density at radius 1 is 1.30 bits per heavy atom. The van der Waals surface area contributed by atoms with Gasteiger partial charge in [0.25, 0.3) is 5.91 Å². The first-order valence-electron chi connectivity index (χ1n) is 9.71. The summed E-state index contributed by atoms with van der Waals surface area (Å²) in [6.45, 7) is 8.48. The molecule has 158 valence electrons. The fourth-order valence-corrected chi connectivity index (χ4v) is 6.15. The average Bonchev–Trinajstić information content (AvgIpc) is 2.68. The van der Waals surface area contributed by atoms with Crippen molar-refractivity contribution in [3.8, 4) is 0 Å². The van der Waals surface area contributed by atoms with E-state index in [1.807, 2.05) is 27.7 Å². The summed E-state index contributed by atoms with van der Waals surface area (Å²) in [6, 6.07) is 7.37. The van der Waals surface area contributed by atoms with E-state index in [-0.39, 0.29) is 10.7 Å². The normalized spacial score (nSPS) is 21.9. The zero-order valence-corrected chi connectivity index (χ0v) is 18.4. The lowest BCUT2D eigenvalue weighted by Gasteiger charge is -2.44. The summed E-state index contributed by atoms with van der Waals surface area (Å²) in [5.74, 6) is -1.14. The zero-order chi connectivity index (χ0) is 22.1. The average molecular weight is 430 g/mol. The highest BCUT2D eigenvalue weighted by Gasteiger charge is 2.45. The van der Waals surface area contributed by atoms with E-state index in [0.29, 0.717) is 29.7 Å². The van der Waals surface area contributed by atoms with Crippen LogP contribution in [0.3, 0.4) is 0 Å². The lowest BCUT2D eigenvalue weighted by Crippen LogP contribution is -2.56. The van der Waals surface area contributed by atoms with Gasteiger partial charge in [-0.2, -0.15) is 0 Å². The Bertz CT molecular complexity index is 1020. The first-order valence-corrected chi connectivity index (χ1v) is 11.4. The van der Waals surface area contributed by atoms with Crippen LogP contribution in [0.4, 0.5) is 14.5 Å². The number of hydrogen-bond donors (Lipinski definition) is 3. The molecule has 2 aromatic rings. The van der Waals surface area contributed by atoms with Crippen LogP contribution in [0.5, 0.6) is 0 Å². The molecule has 0 saturated carbocycles. The smallest absolute Gasteiger partial charge is 0.274 e. The van der Waals surface area contributed by atoms with Crippen LogP contribution in [-0.4, -0.2) is 31.9 Å². The summed E-state index contributed by atoms with van der Waals surface area (Å²) in [5.41, 5.74) is -0.0111. The van der Waals surface area contributed by atoms with E-state index < -0.39 is 31.7 Å². The van der Waals surface area contributed by atoms with Crippen LogP contribution in [0, 0.1) is 17.0 Å². The highest BCUT2D eigenvalue weighted by molar-refractivity contribution is 6.57. The summed E-state index contributed by atoms with van der Waals surface area (Å²) in [5, 5.41) is 14.0. The second-order valence-electron chi connectivity index (χ2n) is 8.07. The number of carbonyl (C=O) groups is 1. The van der Waals surface area contributed by atoms with Crippen LogP contribution >= 0.6 is 0 Å². The molecule has 0 spiro atoms. The molecular weight excluding hydrogens is 404 g/mol. The number of nitrogens with zero attached hydrogens (tertiary/aromatic N) is 2. The van der Waals surface area contributed by atoms with Crippen molar-refractivity contribution in [3.63, 3.8) is 0 Å². The van der Waals surface area contributed by atoms with Crippen molar-refractivity contribution in [2.75, 3.05) is 11.9 Å². The van der Waals surface area contributed by atoms with Gasteiger partial charge in [-0.05, 0) is 44.2 Å². The van der Waals surface area contributed by atoms with E-state index in [4.69, 9.17) is 10.0 Å². The lowest BCUT2D eigenvalue weighted by molar-refractivity contribution is 0.102. The maximum absolute atomic E-state index is 14.8. The van der Waals surface area contributed by atoms with Crippen LogP contribution < -0.4 is 10.6 Å². The number of anilines is 1. The number of aromatic nitrogens is 1. The molecule has 1 aliphatic rings. The summed E-state index contributed by atoms with van der Waals surface area (Å²) >= 11 is 0. The summed E-state index contributed by atoms with van der Waals surface area (Å²) in [7, 11) is -1.34. The molecule has 3 N–H and O–H groups in total. The number of pyridine rings is 1. The highest BCUT2D eigenvalue weighted by Crippen LogP contribution is 2.41. The quantitative estimate of drug-likeness (QED) is 0.627. The summed E-state index contributed by atoms with van der Waals surface area (Å²) < 4.78 is 32.6. The maximum atomic E-state index is 14.8. The number of benzene rings is 1. The number of halogens is 2. The molecule has 6 nitrogen and oxygen atoms in total. The Labute approximate surface area is 176 Å². The molecule has 1 aromatic heterocycles. The molecule has 30 heavy (non-hydrogen) atoms. The number of carbonyl (C=O) groups excluding carboxylic acids is 1. The monoisotopic (exact) mass is 429 g/mol. The Balaban J connectivity index is 1.92. The first kappa shape index (κ1) is 21.9.